The molecular formula is C14H21N3O. The Morgan fingerprint density at radius 1 is 1.44 bits per heavy atom. The van der Waals surface area contributed by atoms with Gasteiger partial charge in [0.1, 0.15) is 0 Å². The molecule has 0 saturated carbocycles. The standard InChI is InChI=1S/C14H21N3O/c1-17-9-7-11(8-10-17)13-4-2-3-12(16-13)5-6-14(15)18/h2-4,11H,5-10H2,1H3,(H2,15,18). The molecule has 0 unspecified atom stereocenters. The number of aromatic nitrogens is 1. The lowest BCUT2D eigenvalue weighted by Gasteiger charge is -2.28. The number of primary amides is 1. The predicted molar refractivity (Wildman–Crippen MR) is 71.2 cm³/mol. The summed E-state index contributed by atoms with van der Waals surface area (Å²) in [7, 11) is 2.16. The number of rotatable bonds is 4. The molecule has 1 aromatic rings. The van der Waals surface area contributed by atoms with Crippen molar-refractivity contribution in [1.29, 1.82) is 0 Å². The SMILES string of the molecule is CN1CCC(c2cccc(CCC(N)=O)n2)CC1. The van der Waals surface area contributed by atoms with Gasteiger partial charge >= 0.3 is 0 Å². The zero-order chi connectivity index (χ0) is 13.0. The Labute approximate surface area is 108 Å². The first kappa shape index (κ1) is 13.0. The van der Waals surface area contributed by atoms with E-state index >= 15 is 0 Å². The quantitative estimate of drug-likeness (QED) is 0.872. The number of piperidine rings is 1. The molecule has 0 aliphatic carbocycles. The van der Waals surface area contributed by atoms with Gasteiger partial charge in [0, 0.05) is 23.7 Å². The minimum Gasteiger partial charge on any atom is -0.370 e. The van der Waals surface area contributed by atoms with Gasteiger partial charge in [-0.3, -0.25) is 9.78 Å². The van der Waals surface area contributed by atoms with E-state index in [1.54, 1.807) is 0 Å². The van der Waals surface area contributed by atoms with Crippen molar-refractivity contribution < 1.29 is 4.79 Å². The van der Waals surface area contributed by atoms with Gasteiger partial charge in [0.25, 0.3) is 0 Å². The smallest absolute Gasteiger partial charge is 0.217 e. The predicted octanol–water partition coefficient (Wildman–Crippen LogP) is 1.31. The number of carbonyl (C=O) groups excluding carboxylic acids is 1. The third kappa shape index (κ3) is 3.53. The van der Waals surface area contributed by atoms with Crippen LogP contribution in [0.5, 0.6) is 0 Å². The van der Waals surface area contributed by atoms with E-state index in [0.29, 0.717) is 18.8 Å². The van der Waals surface area contributed by atoms with Gasteiger partial charge in [0.05, 0.1) is 0 Å². The maximum Gasteiger partial charge on any atom is 0.217 e. The number of hydrogen-bond donors (Lipinski definition) is 1. The fourth-order valence-electron chi connectivity index (χ4n) is 2.42. The molecule has 1 aromatic heterocycles. The van der Waals surface area contributed by atoms with E-state index in [-0.39, 0.29) is 5.91 Å². The van der Waals surface area contributed by atoms with Crippen LogP contribution in [0.2, 0.25) is 0 Å². The van der Waals surface area contributed by atoms with Gasteiger partial charge in [0.15, 0.2) is 0 Å². The Morgan fingerprint density at radius 3 is 2.83 bits per heavy atom. The largest absolute Gasteiger partial charge is 0.370 e. The van der Waals surface area contributed by atoms with Gasteiger partial charge in [-0.1, -0.05) is 6.07 Å². The summed E-state index contributed by atoms with van der Waals surface area (Å²) in [5.74, 6) is 0.302. The van der Waals surface area contributed by atoms with Crippen LogP contribution in [0.1, 0.15) is 36.6 Å². The number of amides is 1. The Hall–Kier alpha value is -1.42. The zero-order valence-electron chi connectivity index (χ0n) is 10.9. The van der Waals surface area contributed by atoms with E-state index in [0.717, 1.165) is 18.8 Å². The second-order valence-electron chi connectivity index (χ2n) is 5.10. The summed E-state index contributed by atoms with van der Waals surface area (Å²) in [4.78, 5) is 17.8. The van der Waals surface area contributed by atoms with E-state index < -0.39 is 0 Å². The molecule has 1 aliphatic heterocycles. The molecule has 2 rings (SSSR count). The molecule has 0 spiro atoms. The number of hydrogen-bond acceptors (Lipinski definition) is 3. The minimum atomic E-state index is -0.263. The Kier molecular flexibility index (Phi) is 4.31. The summed E-state index contributed by atoms with van der Waals surface area (Å²) in [5, 5.41) is 0. The normalized spacial score (nSPS) is 17.8. The second kappa shape index (κ2) is 5.96. The molecule has 1 aliphatic rings. The number of nitrogens with zero attached hydrogens (tertiary/aromatic N) is 2. The van der Waals surface area contributed by atoms with Crippen LogP contribution in [-0.2, 0) is 11.2 Å². The van der Waals surface area contributed by atoms with Gasteiger partial charge in [-0.05, 0) is 51.5 Å². The van der Waals surface area contributed by atoms with Gasteiger partial charge in [-0.15, -0.1) is 0 Å². The van der Waals surface area contributed by atoms with Crippen molar-refractivity contribution >= 4 is 5.91 Å². The van der Waals surface area contributed by atoms with E-state index in [1.807, 2.05) is 12.1 Å². The van der Waals surface area contributed by atoms with Crippen LogP contribution in [0.4, 0.5) is 0 Å². The molecule has 4 heteroatoms. The second-order valence-corrected chi connectivity index (χ2v) is 5.10. The van der Waals surface area contributed by atoms with Gasteiger partial charge in [-0.25, -0.2) is 0 Å². The van der Waals surface area contributed by atoms with Crippen molar-refractivity contribution in [3.05, 3.63) is 29.6 Å². The van der Waals surface area contributed by atoms with Crippen molar-refractivity contribution in [2.24, 2.45) is 5.73 Å². The molecule has 4 nitrogen and oxygen atoms in total. The monoisotopic (exact) mass is 247 g/mol. The van der Waals surface area contributed by atoms with E-state index in [1.165, 1.54) is 18.5 Å². The van der Waals surface area contributed by atoms with E-state index in [4.69, 9.17) is 5.73 Å². The molecule has 2 heterocycles. The van der Waals surface area contributed by atoms with Gasteiger partial charge in [-0.2, -0.15) is 0 Å². The summed E-state index contributed by atoms with van der Waals surface area (Å²) in [6, 6.07) is 6.11. The molecule has 18 heavy (non-hydrogen) atoms. The lowest BCUT2D eigenvalue weighted by atomic mass is 9.93. The molecule has 0 aromatic carbocycles. The third-order valence-corrected chi connectivity index (χ3v) is 3.59. The first-order valence-electron chi connectivity index (χ1n) is 6.58. The van der Waals surface area contributed by atoms with Crippen LogP contribution in [0.15, 0.2) is 18.2 Å². The average Bonchev–Trinajstić information content (AvgIpc) is 2.37. The first-order chi connectivity index (χ1) is 8.65. The van der Waals surface area contributed by atoms with Crippen LogP contribution >= 0.6 is 0 Å². The zero-order valence-corrected chi connectivity index (χ0v) is 10.9. The number of nitrogens with two attached hydrogens (primary N) is 1. The molecule has 2 N–H and O–H groups in total. The van der Waals surface area contributed by atoms with Crippen LogP contribution in [0.3, 0.4) is 0 Å². The topological polar surface area (TPSA) is 59.2 Å². The average molecular weight is 247 g/mol. The Bertz CT molecular complexity index is 411. The number of likely N-dealkylation sites (tertiary alicyclic amines) is 1. The fraction of sp³-hybridized carbons (Fsp3) is 0.571. The number of aryl methyl sites for hydroxylation is 1. The molecule has 98 valence electrons. The Morgan fingerprint density at radius 2 is 2.17 bits per heavy atom. The van der Waals surface area contributed by atoms with Crippen LogP contribution in [0, 0.1) is 0 Å². The molecule has 0 atom stereocenters. The van der Waals surface area contributed by atoms with Crippen molar-refractivity contribution in [3.8, 4) is 0 Å². The highest BCUT2D eigenvalue weighted by Gasteiger charge is 2.19. The summed E-state index contributed by atoms with van der Waals surface area (Å²) in [6.07, 6.45) is 3.37. The van der Waals surface area contributed by atoms with Gasteiger partial charge < -0.3 is 10.6 Å². The summed E-state index contributed by atoms with van der Waals surface area (Å²) in [5.41, 5.74) is 7.31. The maximum absolute atomic E-state index is 10.8. The highest BCUT2D eigenvalue weighted by atomic mass is 16.1. The molecule has 1 saturated heterocycles. The highest BCUT2D eigenvalue weighted by Crippen LogP contribution is 2.26. The lowest BCUT2D eigenvalue weighted by Crippen LogP contribution is -2.29. The number of carbonyl (C=O) groups is 1. The maximum atomic E-state index is 10.8. The summed E-state index contributed by atoms with van der Waals surface area (Å²) < 4.78 is 0. The lowest BCUT2D eigenvalue weighted by molar-refractivity contribution is -0.118. The number of pyridine rings is 1. The Balaban J connectivity index is 2.00. The van der Waals surface area contributed by atoms with E-state index in [9.17, 15) is 4.79 Å². The third-order valence-electron chi connectivity index (χ3n) is 3.59. The highest BCUT2D eigenvalue weighted by molar-refractivity contribution is 5.73. The summed E-state index contributed by atoms with van der Waals surface area (Å²) >= 11 is 0. The van der Waals surface area contributed by atoms with Crippen LogP contribution in [-0.4, -0.2) is 35.9 Å². The molecule has 0 radical (unpaired) electrons. The minimum absolute atomic E-state index is 0.263. The van der Waals surface area contributed by atoms with E-state index in [2.05, 4.69) is 23.0 Å². The van der Waals surface area contributed by atoms with Crippen molar-refractivity contribution in [2.75, 3.05) is 20.1 Å². The summed E-state index contributed by atoms with van der Waals surface area (Å²) in [6.45, 7) is 2.27. The van der Waals surface area contributed by atoms with Crippen LogP contribution < -0.4 is 5.73 Å². The molecule has 1 amide bonds. The van der Waals surface area contributed by atoms with Crippen molar-refractivity contribution in [2.45, 2.75) is 31.6 Å². The van der Waals surface area contributed by atoms with Gasteiger partial charge in [0.2, 0.25) is 5.91 Å². The molecule has 1 fully saturated rings. The fourth-order valence-corrected chi connectivity index (χ4v) is 2.42. The van der Waals surface area contributed by atoms with Crippen molar-refractivity contribution in [1.82, 2.24) is 9.88 Å². The molecule has 0 bridgehead atoms. The molecular weight excluding hydrogens is 226 g/mol. The van der Waals surface area contributed by atoms with Crippen LogP contribution in [0.25, 0.3) is 0 Å². The van der Waals surface area contributed by atoms with Crippen molar-refractivity contribution in [3.63, 3.8) is 0 Å². The first-order valence-corrected chi connectivity index (χ1v) is 6.58.